The predicted molar refractivity (Wildman–Crippen MR) is 136 cm³/mol. The van der Waals surface area contributed by atoms with Gasteiger partial charge >= 0.3 is 0 Å². The number of hydrogen-bond acceptors (Lipinski definition) is 3. The molecule has 4 aromatic carbocycles. The maximum atomic E-state index is 13.7. The summed E-state index contributed by atoms with van der Waals surface area (Å²) in [6.07, 6.45) is 0. The van der Waals surface area contributed by atoms with Gasteiger partial charge in [-0.15, -0.1) is 0 Å². The van der Waals surface area contributed by atoms with Crippen LogP contribution >= 0.6 is 15.9 Å². The largest absolute Gasteiger partial charge is 0.385 e. The Balaban J connectivity index is 1.80. The SMILES string of the molecule is Nc1[nH]c(C(=O)c2ccccc2)c(-c2cccc3ccccc23)c1C(=O)c1ccc(Br)cc1. The topological polar surface area (TPSA) is 76.0 Å². The van der Waals surface area contributed by atoms with Crippen molar-refractivity contribution in [2.45, 2.75) is 0 Å². The van der Waals surface area contributed by atoms with Crippen LogP contribution in [0.15, 0.2) is 102 Å². The van der Waals surface area contributed by atoms with Gasteiger partial charge in [-0.3, -0.25) is 9.59 Å². The lowest BCUT2D eigenvalue weighted by molar-refractivity contribution is 0.103. The number of carbonyl (C=O) groups is 2. The van der Waals surface area contributed by atoms with Gasteiger partial charge in [0.25, 0.3) is 0 Å². The minimum absolute atomic E-state index is 0.171. The van der Waals surface area contributed by atoms with Crippen molar-refractivity contribution in [2.75, 3.05) is 5.73 Å². The molecule has 0 saturated carbocycles. The molecule has 4 nitrogen and oxygen atoms in total. The van der Waals surface area contributed by atoms with Gasteiger partial charge in [0.05, 0.1) is 11.3 Å². The molecule has 0 fully saturated rings. The first-order valence-corrected chi connectivity index (χ1v) is 11.2. The van der Waals surface area contributed by atoms with Crippen molar-refractivity contribution < 1.29 is 9.59 Å². The Morgan fingerprint density at radius 2 is 1.33 bits per heavy atom. The number of nitrogens with two attached hydrogens (primary N) is 1. The Kier molecular flexibility index (Phi) is 5.40. The number of halogens is 1. The number of ketones is 2. The van der Waals surface area contributed by atoms with E-state index in [0.29, 0.717) is 27.9 Å². The van der Waals surface area contributed by atoms with Gasteiger partial charge in [-0.25, -0.2) is 0 Å². The van der Waals surface area contributed by atoms with E-state index in [-0.39, 0.29) is 17.4 Å². The van der Waals surface area contributed by atoms with Crippen LogP contribution in [0, 0.1) is 0 Å². The maximum Gasteiger partial charge on any atom is 0.209 e. The van der Waals surface area contributed by atoms with Crippen molar-refractivity contribution in [1.29, 1.82) is 0 Å². The van der Waals surface area contributed by atoms with Crippen molar-refractivity contribution in [2.24, 2.45) is 0 Å². The molecule has 0 bridgehead atoms. The second-order valence-corrected chi connectivity index (χ2v) is 8.64. The molecule has 0 aliphatic rings. The van der Waals surface area contributed by atoms with Crippen LogP contribution in [-0.4, -0.2) is 16.6 Å². The van der Waals surface area contributed by atoms with E-state index in [1.807, 2.05) is 72.8 Å². The fourth-order valence-corrected chi connectivity index (χ4v) is 4.38. The summed E-state index contributed by atoms with van der Waals surface area (Å²) < 4.78 is 0.871. The summed E-state index contributed by atoms with van der Waals surface area (Å²) in [5.41, 5.74) is 9.27. The van der Waals surface area contributed by atoms with E-state index in [1.165, 1.54) is 0 Å². The molecule has 0 amide bonds. The highest BCUT2D eigenvalue weighted by atomic mass is 79.9. The number of benzene rings is 4. The lowest BCUT2D eigenvalue weighted by atomic mass is 9.90. The molecule has 0 saturated heterocycles. The summed E-state index contributed by atoms with van der Waals surface area (Å²) in [6.45, 7) is 0. The molecule has 1 heterocycles. The van der Waals surface area contributed by atoms with E-state index in [4.69, 9.17) is 5.73 Å². The number of nitrogens with one attached hydrogen (secondary N) is 1. The molecule has 33 heavy (non-hydrogen) atoms. The summed E-state index contributed by atoms with van der Waals surface area (Å²) in [6, 6.07) is 29.8. The van der Waals surface area contributed by atoms with Crippen molar-refractivity contribution in [3.8, 4) is 11.1 Å². The average molecular weight is 495 g/mol. The van der Waals surface area contributed by atoms with Crippen molar-refractivity contribution in [1.82, 2.24) is 4.98 Å². The third kappa shape index (κ3) is 3.77. The van der Waals surface area contributed by atoms with E-state index in [2.05, 4.69) is 20.9 Å². The molecule has 1 aromatic heterocycles. The third-order valence-electron chi connectivity index (χ3n) is 5.68. The zero-order valence-corrected chi connectivity index (χ0v) is 19.1. The minimum Gasteiger partial charge on any atom is -0.385 e. The Morgan fingerprint density at radius 3 is 2.09 bits per heavy atom. The van der Waals surface area contributed by atoms with Crippen LogP contribution in [0.1, 0.15) is 32.0 Å². The lowest BCUT2D eigenvalue weighted by Gasteiger charge is -2.11. The fourth-order valence-electron chi connectivity index (χ4n) is 4.12. The van der Waals surface area contributed by atoms with Crippen LogP contribution < -0.4 is 5.73 Å². The zero-order chi connectivity index (χ0) is 22.9. The number of nitrogen functional groups attached to an aromatic ring is 1. The number of anilines is 1. The number of H-pyrrole nitrogens is 1. The molecule has 0 radical (unpaired) electrons. The lowest BCUT2D eigenvalue weighted by Crippen LogP contribution is -2.07. The van der Waals surface area contributed by atoms with Crippen molar-refractivity contribution in [3.05, 3.63) is 124 Å². The Morgan fingerprint density at radius 1 is 0.697 bits per heavy atom. The summed E-state index contributed by atoms with van der Waals surface area (Å²) >= 11 is 3.41. The quantitative estimate of drug-likeness (QED) is 0.269. The van der Waals surface area contributed by atoms with Gasteiger partial charge in [-0.1, -0.05) is 88.7 Å². The molecule has 0 unspecified atom stereocenters. The van der Waals surface area contributed by atoms with E-state index in [1.54, 1.807) is 24.3 Å². The number of carbonyl (C=O) groups excluding carboxylic acids is 2. The highest BCUT2D eigenvalue weighted by molar-refractivity contribution is 9.10. The van der Waals surface area contributed by atoms with Gasteiger partial charge in [-0.2, -0.15) is 0 Å². The van der Waals surface area contributed by atoms with Crippen LogP contribution in [-0.2, 0) is 0 Å². The molecule has 5 rings (SSSR count). The maximum absolute atomic E-state index is 13.7. The first kappa shape index (κ1) is 20.9. The van der Waals surface area contributed by atoms with Gasteiger partial charge in [0.2, 0.25) is 5.78 Å². The molecule has 0 aliphatic heterocycles. The molecule has 160 valence electrons. The summed E-state index contributed by atoms with van der Waals surface area (Å²) in [5, 5.41) is 1.95. The van der Waals surface area contributed by atoms with Gasteiger partial charge in [0, 0.05) is 21.2 Å². The van der Waals surface area contributed by atoms with E-state index >= 15 is 0 Å². The molecule has 3 N–H and O–H groups in total. The molecular weight excluding hydrogens is 476 g/mol. The molecule has 0 aliphatic carbocycles. The highest BCUT2D eigenvalue weighted by Crippen LogP contribution is 2.38. The second kappa shape index (κ2) is 8.52. The number of rotatable bonds is 5. The fraction of sp³-hybridized carbons (Fsp3) is 0. The monoisotopic (exact) mass is 494 g/mol. The van der Waals surface area contributed by atoms with Crippen LogP contribution in [0.4, 0.5) is 5.82 Å². The Hall–Kier alpha value is -3.96. The smallest absolute Gasteiger partial charge is 0.209 e. The van der Waals surface area contributed by atoms with E-state index < -0.39 is 0 Å². The average Bonchev–Trinajstić information content (AvgIpc) is 3.20. The van der Waals surface area contributed by atoms with Crippen LogP contribution in [0.5, 0.6) is 0 Å². The molecular formula is C28H19BrN2O2. The Labute approximate surface area is 199 Å². The predicted octanol–water partition coefficient (Wildman–Crippen LogP) is 6.64. The van der Waals surface area contributed by atoms with Crippen molar-refractivity contribution >= 4 is 44.1 Å². The van der Waals surface area contributed by atoms with Gasteiger partial charge in [0.1, 0.15) is 5.82 Å². The third-order valence-corrected chi connectivity index (χ3v) is 6.21. The Bertz CT molecular complexity index is 1500. The van der Waals surface area contributed by atoms with Gasteiger partial charge < -0.3 is 10.7 Å². The zero-order valence-electron chi connectivity index (χ0n) is 17.5. The molecule has 0 spiro atoms. The first-order valence-electron chi connectivity index (χ1n) is 10.4. The number of fused-ring (bicyclic) bond motifs is 1. The summed E-state index contributed by atoms with van der Waals surface area (Å²) in [7, 11) is 0. The normalized spacial score (nSPS) is 10.9. The van der Waals surface area contributed by atoms with Crippen LogP contribution in [0.2, 0.25) is 0 Å². The number of aromatic amines is 1. The van der Waals surface area contributed by atoms with Crippen LogP contribution in [0.25, 0.3) is 21.9 Å². The minimum atomic E-state index is -0.244. The standard InChI is InChI=1S/C28H19BrN2O2/c29-20-15-13-19(14-16-20)26(32)24-23(22-12-6-10-17-7-4-5-11-21(17)22)25(31-28(24)30)27(33)18-8-2-1-3-9-18/h1-16,31H,30H2. The molecule has 5 heteroatoms. The second-order valence-electron chi connectivity index (χ2n) is 7.72. The summed E-state index contributed by atoms with van der Waals surface area (Å²) in [4.78, 5) is 30.2. The van der Waals surface area contributed by atoms with Crippen molar-refractivity contribution in [3.63, 3.8) is 0 Å². The highest BCUT2D eigenvalue weighted by Gasteiger charge is 2.28. The summed E-state index contributed by atoms with van der Waals surface area (Å²) in [5.74, 6) is -0.295. The van der Waals surface area contributed by atoms with Gasteiger partial charge in [0.15, 0.2) is 5.78 Å². The van der Waals surface area contributed by atoms with E-state index in [9.17, 15) is 9.59 Å². The van der Waals surface area contributed by atoms with E-state index in [0.717, 1.165) is 20.8 Å². The first-order chi connectivity index (χ1) is 16.0. The molecule has 5 aromatic rings. The number of hydrogen-bond donors (Lipinski definition) is 2. The molecule has 0 atom stereocenters. The number of aromatic nitrogens is 1. The van der Waals surface area contributed by atoms with Gasteiger partial charge in [-0.05, 0) is 40.6 Å². The van der Waals surface area contributed by atoms with Crippen LogP contribution in [0.3, 0.4) is 0 Å².